The number of esters is 1. The molecule has 1 fully saturated rings. The molecule has 11 heavy (non-hydrogen) atoms. The third-order valence-corrected chi connectivity index (χ3v) is 1.66. The minimum atomic E-state index is -0.867. The molecule has 0 radical (unpaired) electrons. The van der Waals surface area contributed by atoms with Crippen LogP contribution in [0.2, 0.25) is 0 Å². The summed E-state index contributed by atoms with van der Waals surface area (Å²) in [6.45, 7) is 0.121. The van der Waals surface area contributed by atoms with Crippen LogP contribution in [0.4, 0.5) is 0 Å². The SMILES string of the molecule is N[C@@H](CO)C(=O)OCC1CC1. The molecule has 0 aromatic rings. The zero-order valence-corrected chi connectivity index (χ0v) is 6.32. The van der Waals surface area contributed by atoms with Crippen molar-refractivity contribution in [1.82, 2.24) is 0 Å². The predicted octanol–water partition coefficient (Wildman–Crippen LogP) is -0.741. The van der Waals surface area contributed by atoms with Crippen LogP contribution in [-0.2, 0) is 9.53 Å². The molecule has 0 aliphatic heterocycles. The normalized spacial score (nSPS) is 19.5. The van der Waals surface area contributed by atoms with E-state index in [2.05, 4.69) is 0 Å². The maximum atomic E-state index is 10.8. The first kappa shape index (κ1) is 8.49. The highest BCUT2D eigenvalue weighted by Crippen LogP contribution is 2.28. The molecule has 0 saturated heterocycles. The van der Waals surface area contributed by atoms with Gasteiger partial charge in [0, 0.05) is 0 Å². The maximum absolute atomic E-state index is 10.8. The first-order valence-electron chi connectivity index (χ1n) is 3.77. The van der Waals surface area contributed by atoms with Gasteiger partial charge in [-0.25, -0.2) is 0 Å². The molecular weight excluding hydrogens is 146 g/mol. The van der Waals surface area contributed by atoms with Gasteiger partial charge in [-0.2, -0.15) is 0 Å². The Morgan fingerprint density at radius 2 is 2.36 bits per heavy atom. The molecule has 3 N–H and O–H groups in total. The largest absolute Gasteiger partial charge is 0.464 e. The van der Waals surface area contributed by atoms with E-state index in [1.807, 2.05) is 0 Å². The first-order chi connectivity index (χ1) is 5.24. The van der Waals surface area contributed by atoms with Crippen molar-refractivity contribution in [3.8, 4) is 0 Å². The molecule has 1 rings (SSSR count). The number of hydrogen-bond donors (Lipinski definition) is 2. The smallest absolute Gasteiger partial charge is 0.325 e. The number of carbonyl (C=O) groups is 1. The highest BCUT2D eigenvalue weighted by molar-refractivity contribution is 5.75. The van der Waals surface area contributed by atoms with E-state index < -0.39 is 12.0 Å². The Morgan fingerprint density at radius 1 is 1.73 bits per heavy atom. The van der Waals surface area contributed by atoms with Crippen molar-refractivity contribution in [2.75, 3.05) is 13.2 Å². The molecular formula is C7H13NO3. The fourth-order valence-corrected chi connectivity index (χ4v) is 0.666. The lowest BCUT2D eigenvalue weighted by Crippen LogP contribution is -2.35. The third-order valence-electron chi connectivity index (χ3n) is 1.66. The number of rotatable bonds is 4. The van der Waals surface area contributed by atoms with Gasteiger partial charge >= 0.3 is 5.97 Å². The summed E-state index contributed by atoms with van der Waals surface area (Å²) in [6, 6.07) is -0.867. The summed E-state index contributed by atoms with van der Waals surface area (Å²) >= 11 is 0. The molecule has 0 amide bonds. The summed E-state index contributed by atoms with van der Waals surface area (Å²) in [7, 11) is 0. The second-order valence-corrected chi connectivity index (χ2v) is 2.86. The fourth-order valence-electron chi connectivity index (χ4n) is 0.666. The topological polar surface area (TPSA) is 72.5 Å². The van der Waals surface area contributed by atoms with Crippen LogP contribution >= 0.6 is 0 Å². The molecule has 4 nitrogen and oxygen atoms in total. The van der Waals surface area contributed by atoms with Crippen molar-refractivity contribution in [1.29, 1.82) is 0 Å². The monoisotopic (exact) mass is 159 g/mol. The Balaban J connectivity index is 2.08. The quantitative estimate of drug-likeness (QED) is 0.530. The number of carbonyl (C=O) groups excluding carboxylic acids is 1. The Hall–Kier alpha value is -0.610. The van der Waals surface area contributed by atoms with E-state index in [0.717, 1.165) is 12.8 Å². The summed E-state index contributed by atoms with van der Waals surface area (Å²) in [5, 5.41) is 8.46. The number of hydrogen-bond acceptors (Lipinski definition) is 4. The lowest BCUT2D eigenvalue weighted by atomic mass is 10.3. The Bertz CT molecular complexity index is 145. The first-order valence-corrected chi connectivity index (χ1v) is 3.77. The summed E-state index contributed by atoms with van der Waals surface area (Å²) < 4.78 is 4.79. The lowest BCUT2D eigenvalue weighted by molar-refractivity contribution is -0.146. The average molecular weight is 159 g/mol. The van der Waals surface area contributed by atoms with Crippen molar-refractivity contribution in [3.05, 3.63) is 0 Å². The van der Waals surface area contributed by atoms with E-state index in [9.17, 15) is 4.79 Å². The fraction of sp³-hybridized carbons (Fsp3) is 0.857. The summed E-state index contributed by atoms with van der Waals surface area (Å²) in [5.41, 5.74) is 5.20. The van der Waals surface area contributed by atoms with E-state index in [1.54, 1.807) is 0 Å². The zero-order valence-electron chi connectivity index (χ0n) is 6.32. The number of aliphatic hydroxyl groups excluding tert-OH is 1. The maximum Gasteiger partial charge on any atom is 0.325 e. The molecule has 1 saturated carbocycles. The van der Waals surface area contributed by atoms with Crippen molar-refractivity contribution in [3.63, 3.8) is 0 Å². The van der Waals surface area contributed by atoms with Gasteiger partial charge in [0.25, 0.3) is 0 Å². The van der Waals surface area contributed by atoms with Gasteiger partial charge in [-0.15, -0.1) is 0 Å². The van der Waals surface area contributed by atoms with Crippen molar-refractivity contribution in [2.24, 2.45) is 11.7 Å². The number of nitrogens with two attached hydrogens (primary N) is 1. The molecule has 0 unspecified atom stereocenters. The van der Waals surface area contributed by atoms with Crippen LogP contribution in [-0.4, -0.2) is 30.3 Å². The van der Waals surface area contributed by atoms with Gasteiger partial charge < -0.3 is 15.6 Å². The second kappa shape index (κ2) is 3.69. The van der Waals surface area contributed by atoms with Crippen LogP contribution in [0, 0.1) is 5.92 Å². The van der Waals surface area contributed by atoms with E-state index in [0.29, 0.717) is 12.5 Å². The van der Waals surface area contributed by atoms with Gasteiger partial charge in [0.15, 0.2) is 0 Å². The number of aliphatic hydroxyl groups is 1. The van der Waals surface area contributed by atoms with Crippen LogP contribution < -0.4 is 5.73 Å². The van der Waals surface area contributed by atoms with Gasteiger partial charge in [-0.3, -0.25) is 4.79 Å². The minimum Gasteiger partial charge on any atom is -0.464 e. The number of ether oxygens (including phenoxy) is 1. The van der Waals surface area contributed by atoms with Gasteiger partial charge in [0.05, 0.1) is 13.2 Å². The molecule has 4 heteroatoms. The lowest BCUT2D eigenvalue weighted by Gasteiger charge is -2.07. The second-order valence-electron chi connectivity index (χ2n) is 2.86. The van der Waals surface area contributed by atoms with E-state index in [1.165, 1.54) is 0 Å². The van der Waals surface area contributed by atoms with Crippen molar-refractivity contribution >= 4 is 5.97 Å². The Morgan fingerprint density at radius 3 is 2.82 bits per heavy atom. The van der Waals surface area contributed by atoms with E-state index >= 15 is 0 Å². The van der Waals surface area contributed by atoms with Crippen LogP contribution in [0.25, 0.3) is 0 Å². The standard InChI is InChI=1S/C7H13NO3/c8-6(3-9)7(10)11-4-5-1-2-5/h5-6,9H,1-4,8H2/t6-/m0/s1. The summed E-state index contributed by atoms with van der Waals surface area (Å²) in [6.07, 6.45) is 2.28. The molecule has 1 aliphatic rings. The molecule has 64 valence electrons. The van der Waals surface area contributed by atoms with E-state index in [4.69, 9.17) is 15.6 Å². The third kappa shape index (κ3) is 2.86. The van der Waals surface area contributed by atoms with E-state index in [-0.39, 0.29) is 6.61 Å². The van der Waals surface area contributed by atoms with Crippen molar-refractivity contribution in [2.45, 2.75) is 18.9 Å². The Kier molecular flexibility index (Phi) is 2.84. The van der Waals surface area contributed by atoms with Gasteiger partial charge in [0.1, 0.15) is 6.04 Å². The molecule has 0 aromatic heterocycles. The van der Waals surface area contributed by atoms with Gasteiger partial charge in [-0.05, 0) is 18.8 Å². The van der Waals surface area contributed by atoms with Crippen LogP contribution in [0.15, 0.2) is 0 Å². The Labute approximate surface area is 65.3 Å². The predicted molar refractivity (Wildman–Crippen MR) is 38.7 cm³/mol. The van der Waals surface area contributed by atoms with Crippen LogP contribution in [0.5, 0.6) is 0 Å². The molecule has 0 bridgehead atoms. The van der Waals surface area contributed by atoms with Gasteiger partial charge in [-0.1, -0.05) is 0 Å². The molecule has 0 heterocycles. The molecule has 1 aliphatic carbocycles. The summed E-state index contributed by atoms with van der Waals surface area (Å²) in [5.74, 6) is 0.0456. The minimum absolute atomic E-state index is 0.344. The zero-order chi connectivity index (χ0) is 8.27. The molecule has 1 atom stereocenters. The van der Waals surface area contributed by atoms with Gasteiger partial charge in [0.2, 0.25) is 0 Å². The highest BCUT2D eigenvalue weighted by atomic mass is 16.5. The average Bonchev–Trinajstić information content (AvgIpc) is 2.81. The molecule has 0 spiro atoms. The molecule has 0 aromatic carbocycles. The highest BCUT2D eigenvalue weighted by Gasteiger charge is 2.24. The van der Waals surface area contributed by atoms with Crippen molar-refractivity contribution < 1.29 is 14.6 Å². The van der Waals surface area contributed by atoms with Crippen LogP contribution in [0.3, 0.4) is 0 Å². The summed E-state index contributed by atoms with van der Waals surface area (Å²) in [4.78, 5) is 10.8. The van der Waals surface area contributed by atoms with Crippen LogP contribution in [0.1, 0.15) is 12.8 Å².